The first kappa shape index (κ1) is 16.4. The van der Waals surface area contributed by atoms with Crippen molar-refractivity contribution in [2.45, 2.75) is 64.3 Å². The van der Waals surface area contributed by atoms with Crippen LogP contribution in [0.4, 0.5) is 0 Å². The molecule has 2 saturated heterocycles. The summed E-state index contributed by atoms with van der Waals surface area (Å²) >= 11 is 0. The van der Waals surface area contributed by atoms with E-state index in [1.165, 1.54) is 19.3 Å². The van der Waals surface area contributed by atoms with Crippen LogP contribution in [0.1, 0.15) is 46.0 Å². The zero-order valence-corrected chi connectivity index (χ0v) is 14.6. The van der Waals surface area contributed by atoms with E-state index in [1.807, 2.05) is 30.3 Å². The summed E-state index contributed by atoms with van der Waals surface area (Å²) in [6, 6.07) is 9.82. The van der Waals surface area contributed by atoms with Crippen molar-refractivity contribution in [2.24, 2.45) is 23.7 Å². The molecule has 0 bridgehead atoms. The number of hydrogen-bond acceptors (Lipinski definition) is 4. The van der Waals surface area contributed by atoms with Gasteiger partial charge in [-0.05, 0) is 50.2 Å². The first-order valence-electron chi connectivity index (χ1n) is 9.31. The summed E-state index contributed by atoms with van der Waals surface area (Å²) in [5.74, 6) is 1.53. The number of para-hydroxylation sites is 1. The van der Waals surface area contributed by atoms with Crippen molar-refractivity contribution < 1.29 is 19.3 Å². The van der Waals surface area contributed by atoms with Crippen molar-refractivity contribution >= 4 is 0 Å². The fraction of sp³-hybridized carbons (Fsp3) is 0.700. The molecular formula is C20H28O4. The molecule has 1 aliphatic carbocycles. The average Bonchev–Trinajstić information content (AvgIpc) is 2.70. The minimum Gasteiger partial charge on any atom is -0.465 e. The number of aliphatic hydroxyl groups is 1. The Kier molecular flexibility index (Phi) is 4.31. The van der Waals surface area contributed by atoms with Gasteiger partial charge in [-0.2, -0.15) is 0 Å². The van der Waals surface area contributed by atoms with Gasteiger partial charge in [0.05, 0.1) is 0 Å². The van der Waals surface area contributed by atoms with E-state index in [2.05, 4.69) is 6.92 Å². The third-order valence-corrected chi connectivity index (χ3v) is 6.18. The van der Waals surface area contributed by atoms with E-state index in [0.717, 1.165) is 12.2 Å². The van der Waals surface area contributed by atoms with Gasteiger partial charge in [0.25, 0.3) is 0 Å². The monoisotopic (exact) mass is 332 g/mol. The molecule has 2 heterocycles. The van der Waals surface area contributed by atoms with E-state index in [0.29, 0.717) is 30.1 Å². The predicted octanol–water partition coefficient (Wildman–Crippen LogP) is 3.94. The molecule has 0 spiro atoms. The van der Waals surface area contributed by atoms with Crippen molar-refractivity contribution in [3.8, 4) is 5.75 Å². The van der Waals surface area contributed by atoms with Crippen LogP contribution in [-0.2, 0) is 9.47 Å². The highest BCUT2D eigenvalue weighted by molar-refractivity contribution is 5.21. The first-order valence-corrected chi connectivity index (χ1v) is 9.31. The van der Waals surface area contributed by atoms with Crippen LogP contribution in [-0.4, -0.2) is 23.5 Å². The molecule has 1 aromatic carbocycles. The molecule has 4 nitrogen and oxygen atoms in total. The minimum atomic E-state index is -1.11. The van der Waals surface area contributed by atoms with Gasteiger partial charge in [0.15, 0.2) is 12.1 Å². The van der Waals surface area contributed by atoms with Crippen molar-refractivity contribution in [2.75, 3.05) is 0 Å². The van der Waals surface area contributed by atoms with Gasteiger partial charge in [0.1, 0.15) is 5.75 Å². The van der Waals surface area contributed by atoms with Crippen molar-refractivity contribution in [1.29, 1.82) is 0 Å². The number of rotatable bonds is 2. The molecule has 0 radical (unpaired) electrons. The third-order valence-electron chi connectivity index (χ3n) is 6.18. The van der Waals surface area contributed by atoms with E-state index in [9.17, 15) is 5.11 Å². The summed E-state index contributed by atoms with van der Waals surface area (Å²) in [4.78, 5) is 0. The Morgan fingerprint density at radius 3 is 2.75 bits per heavy atom. The Balaban J connectivity index is 1.59. The van der Waals surface area contributed by atoms with E-state index in [1.54, 1.807) is 6.92 Å². The molecule has 7 atom stereocenters. The lowest BCUT2D eigenvalue weighted by atomic mass is 9.65. The lowest BCUT2D eigenvalue weighted by molar-refractivity contribution is -0.356. The van der Waals surface area contributed by atoms with Gasteiger partial charge in [-0.15, -0.1) is 0 Å². The maximum absolute atomic E-state index is 10.5. The summed E-state index contributed by atoms with van der Waals surface area (Å²) in [7, 11) is 0. The summed E-state index contributed by atoms with van der Waals surface area (Å²) < 4.78 is 18.4. The Morgan fingerprint density at radius 1 is 1.17 bits per heavy atom. The van der Waals surface area contributed by atoms with E-state index >= 15 is 0 Å². The van der Waals surface area contributed by atoms with Gasteiger partial charge in [0, 0.05) is 18.3 Å². The zero-order valence-electron chi connectivity index (χ0n) is 14.6. The smallest absolute Gasteiger partial charge is 0.205 e. The quantitative estimate of drug-likeness (QED) is 0.891. The zero-order chi connectivity index (χ0) is 16.7. The van der Waals surface area contributed by atoms with Gasteiger partial charge in [-0.25, -0.2) is 0 Å². The first-order chi connectivity index (χ1) is 11.5. The molecule has 0 aromatic heterocycles. The Labute approximate surface area is 144 Å². The minimum absolute atomic E-state index is 0.320. The highest BCUT2D eigenvalue weighted by Crippen LogP contribution is 2.51. The van der Waals surface area contributed by atoms with Crippen LogP contribution in [0.3, 0.4) is 0 Å². The van der Waals surface area contributed by atoms with Gasteiger partial charge in [0.2, 0.25) is 6.29 Å². The van der Waals surface area contributed by atoms with Gasteiger partial charge in [-0.3, -0.25) is 0 Å². The lowest BCUT2D eigenvalue weighted by Gasteiger charge is -2.50. The number of ether oxygens (including phenoxy) is 3. The molecule has 3 fully saturated rings. The predicted molar refractivity (Wildman–Crippen MR) is 90.2 cm³/mol. The fourth-order valence-electron chi connectivity index (χ4n) is 4.91. The molecular weight excluding hydrogens is 304 g/mol. The van der Waals surface area contributed by atoms with Crippen molar-refractivity contribution in [3.05, 3.63) is 30.3 Å². The van der Waals surface area contributed by atoms with Crippen molar-refractivity contribution in [1.82, 2.24) is 0 Å². The summed E-state index contributed by atoms with van der Waals surface area (Å²) in [5.41, 5.74) is 0. The van der Waals surface area contributed by atoms with E-state index < -0.39 is 5.79 Å². The highest BCUT2D eigenvalue weighted by atomic mass is 16.8. The molecule has 7 unspecified atom stereocenters. The van der Waals surface area contributed by atoms with Crippen LogP contribution < -0.4 is 4.74 Å². The second-order valence-electron chi connectivity index (χ2n) is 7.93. The summed E-state index contributed by atoms with van der Waals surface area (Å²) in [6.07, 6.45) is 4.67. The molecule has 132 valence electrons. The maximum atomic E-state index is 10.5. The molecule has 4 rings (SSSR count). The lowest BCUT2D eigenvalue weighted by Crippen LogP contribution is -2.54. The molecule has 1 saturated carbocycles. The van der Waals surface area contributed by atoms with Crippen molar-refractivity contribution in [3.63, 3.8) is 0 Å². The topological polar surface area (TPSA) is 47.9 Å². The number of hydrogen-bond donors (Lipinski definition) is 1. The molecule has 3 aliphatic rings. The van der Waals surface area contributed by atoms with Crippen LogP contribution in [0.5, 0.6) is 5.75 Å². The summed E-state index contributed by atoms with van der Waals surface area (Å²) in [6.45, 7) is 3.99. The maximum Gasteiger partial charge on any atom is 0.205 e. The second kappa shape index (κ2) is 6.32. The van der Waals surface area contributed by atoms with E-state index in [4.69, 9.17) is 14.2 Å². The summed E-state index contributed by atoms with van der Waals surface area (Å²) in [5, 5.41) is 10.5. The number of benzene rings is 1. The van der Waals surface area contributed by atoms with Crippen LogP contribution in [0, 0.1) is 23.7 Å². The molecule has 1 N–H and O–H groups in total. The second-order valence-corrected chi connectivity index (χ2v) is 7.93. The average molecular weight is 332 g/mol. The Morgan fingerprint density at radius 2 is 1.96 bits per heavy atom. The molecule has 2 aliphatic heterocycles. The molecule has 4 heteroatoms. The molecule has 1 aromatic rings. The SMILES string of the molecule is CC1C(Oc2ccccc2)OC2OC(C)(O)CCC3CCCC1C32. The highest BCUT2D eigenvalue weighted by Gasteiger charge is 2.52. The van der Waals surface area contributed by atoms with Crippen LogP contribution in [0.15, 0.2) is 30.3 Å². The Hall–Kier alpha value is -1.10. The Bertz CT molecular complexity index is 558. The standard InChI is InChI=1S/C20H28O4/c1-13-16-10-6-7-14-11-12-20(2,21)24-19(17(14)16)23-18(13)22-15-8-4-3-5-9-15/h3-5,8-9,13-14,16-19,21H,6-7,10-12H2,1-2H3. The fourth-order valence-corrected chi connectivity index (χ4v) is 4.91. The third kappa shape index (κ3) is 3.07. The van der Waals surface area contributed by atoms with Gasteiger partial charge >= 0.3 is 0 Å². The van der Waals surface area contributed by atoms with Gasteiger partial charge in [-0.1, -0.05) is 31.5 Å². The van der Waals surface area contributed by atoms with Crippen LogP contribution in [0.2, 0.25) is 0 Å². The van der Waals surface area contributed by atoms with Crippen LogP contribution >= 0.6 is 0 Å². The van der Waals surface area contributed by atoms with Crippen LogP contribution in [0.25, 0.3) is 0 Å². The molecule has 0 amide bonds. The largest absolute Gasteiger partial charge is 0.465 e. The van der Waals surface area contributed by atoms with Gasteiger partial charge < -0.3 is 19.3 Å². The molecule has 24 heavy (non-hydrogen) atoms. The van der Waals surface area contributed by atoms with E-state index in [-0.39, 0.29) is 12.6 Å². The normalized spacial score (nSPS) is 45.1.